The number of nitrogens with one attached hydrogen (secondary N) is 3. The Morgan fingerprint density at radius 1 is 1.14 bits per heavy atom. The Bertz CT molecular complexity index is 690. The van der Waals surface area contributed by atoms with Crippen molar-refractivity contribution < 1.29 is 23.2 Å². The smallest absolute Gasteiger partial charge is 0.239 e. The summed E-state index contributed by atoms with van der Waals surface area (Å²) < 4.78 is 28.0. The predicted molar refractivity (Wildman–Crippen MR) is 101 cm³/mol. The zero-order chi connectivity index (χ0) is 21.3. The van der Waals surface area contributed by atoms with Crippen LogP contribution in [0.15, 0.2) is 18.2 Å². The number of amides is 3. The summed E-state index contributed by atoms with van der Waals surface area (Å²) >= 11 is 0. The largest absolute Gasteiger partial charge is 0.356 e. The molecule has 0 fully saturated rings. The van der Waals surface area contributed by atoms with Crippen molar-refractivity contribution in [2.75, 3.05) is 6.54 Å². The van der Waals surface area contributed by atoms with Gasteiger partial charge in [0.1, 0.15) is 11.6 Å². The van der Waals surface area contributed by atoms with E-state index in [-0.39, 0.29) is 17.9 Å². The van der Waals surface area contributed by atoms with Crippen molar-refractivity contribution in [1.82, 2.24) is 16.1 Å². The molecule has 1 aromatic rings. The Balaban J connectivity index is 2.56. The first-order chi connectivity index (χ1) is 13.1. The fourth-order valence-electron chi connectivity index (χ4n) is 2.80. The molecule has 1 rings (SSSR count). The van der Waals surface area contributed by atoms with Gasteiger partial charge in [0.25, 0.3) is 0 Å². The van der Waals surface area contributed by atoms with Gasteiger partial charge in [-0.05, 0) is 25.0 Å². The molecule has 0 spiro atoms. The van der Waals surface area contributed by atoms with Crippen LogP contribution in [0.4, 0.5) is 8.78 Å². The summed E-state index contributed by atoms with van der Waals surface area (Å²) in [5, 5.41) is 5.08. The van der Waals surface area contributed by atoms with Gasteiger partial charge in [-0.1, -0.05) is 26.3 Å². The minimum absolute atomic E-state index is 0.262. The van der Waals surface area contributed by atoms with Gasteiger partial charge in [-0.15, -0.1) is 0 Å². The minimum Gasteiger partial charge on any atom is -0.356 e. The first-order valence-corrected chi connectivity index (χ1v) is 9.07. The van der Waals surface area contributed by atoms with Crippen molar-refractivity contribution >= 4 is 17.7 Å². The lowest BCUT2D eigenvalue weighted by molar-refractivity contribution is -0.130. The second-order valence-corrected chi connectivity index (χ2v) is 7.26. The number of benzene rings is 1. The van der Waals surface area contributed by atoms with Crippen LogP contribution in [-0.4, -0.2) is 24.3 Å². The SMILES string of the molecule is CC(=O)NC(CC(=O)NCCCCC(C)(C)C(=O)NN)c1c(F)cccc1F. The highest BCUT2D eigenvalue weighted by Crippen LogP contribution is 2.24. The van der Waals surface area contributed by atoms with Gasteiger partial charge in [-0.2, -0.15) is 0 Å². The molecule has 0 radical (unpaired) electrons. The van der Waals surface area contributed by atoms with E-state index in [1.165, 1.54) is 13.0 Å². The number of rotatable bonds is 10. The Labute approximate surface area is 163 Å². The average molecular weight is 398 g/mol. The van der Waals surface area contributed by atoms with Crippen LogP contribution in [0.1, 0.15) is 58.1 Å². The first-order valence-electron chi connectivity index (χ1n) is 9.07. The number of hydrazine groups is 1. The quantitative estimate of drug-likeness (QED) is 0.208. The first kappa shape index (κ1) is 23.5. The Morgan fingerprint density at radius 3 is 2.29 bits per heavy atom. The molecule has 9 heteroatoms. The van der Waals surface area contributed by atoms with Crippen molar-refractivity contribution in [3.05, 3.63) is 35.4 Å². The van der Waals surface area contributed by atoms with E-state index < -0.39 is 34.9 Å². The van der Waals surface area contributed by atoms with Gasteiger partial charge in [0.05, 0.1) is 12.5 Å². The Hall–Kier alpha value is -2.55. The van der Waals surface area contributed by atoms with Crippen molar-refractivity contribution in [2.45, 2.75) is 52.5 Å². The summed E-state index contributed by atoms with van der Waals surface area (Å²) in [6, 6.07) is 2.26. The number of nitrogens with two attached hydrogens (primary N) is 1. The number of hydrogen-bond acceptors (Lipinski definition) is 4. The lowest BCUT2D eigenvalue weighted by atomic mass is 9.86. The van der Waals surface area contributed by atoms with Crippen LogP contribution in [0.2, 0.25) is 0 Å². The van der Waals surface area contributed by atoms with E-state index in [1.54, 1.807) is 13.8 Å². The third-order valence-electron chi connectivity index (χ3n) is 4.41. The van der Waals surface area contributed by atoms with Gasteiger partial charge in [0.15, 0.2) is 0 Å². The molecule has 1 aromatic carbocycles. The molecule has 7 nitrogen and oxygen atoms in total. The maximum absolute atomic E-state index is 14.0. The molecule has 1 unspecified atom stereocenters. The molecule has 0 aliphatic heterocycles. The molecular weight excluding hydrogens is 370 g/mol. The van der Waals surface area contributed by atoms with Gasteiger partial charge in [0.2, 0.25) is 17.7 Å². The molecule has 0 saturated heterocycles. The number of halogens is 2. The van der Waals surface area contributed by atoms with Crippen LogP contribution in [0.25, 0.3) is 0 Å². The number of carbonyl (C=O) groups is 3. The predicted octanol–water partition coefficient (Wildman–Crippen LogP) is 1.83. The molecule has 156 valence electrons. The number of hydrogen-bond donors (Lipinski definition) is 4. The topological polar surface area (TPSA) is 113 Å². The molecule has 0 bridgehead atoms. The maximum Gasteiger partial charge on any atom is 0.239 e. The standard InChI is InChI=1S/C19H28F2N4O3/c1-12(26)24-15(17-13(20)7-6-8-14(17)21)11-16(27)23-10-5-4-9-19(2,3)18(28)25-22/h6-8,15H,4-5,9-11,22H2,1-3H3,(H,23,27)(H,24,26)(H,25,28). The van der Waals surface area contributed by atoms with E-state index in [0.29, 0.717) is 25.8 Å². The van der Waals surface area contributed by atoms with Crippen molar-refractivity contribution in [3.8, 4) is 0 Å². The highest BCUT2D eigenvalue weighted by molar-refractivity contribution is 5.81. The molecule has 0 aliphatic rings. The summed E-state index contributed by atoms with van der Waals surface area (Å²) in [5.41, 5.74) is 1.16. The molecule has 0 aromatic heterocycles. The summed E-state index contributed by atoms with van der Waals surface area (Å²) in [5.74, 6) is 2.28. The van der Waals surface area contributed by atoms with Gasteiger partial charge in [-0.3, -0.25) is 19.8 Å². The maximum atomic E-state index is 14.0. The van der Waals surface area contributed by atoms with E-state index in [0.717, 1.165) is 12.1 Å². The molecular formula is C19H28F2N4O3. The van der Waals surface area contributed by atoms with Crippen LogP contribution >= 0.6 is 0 Å². The van der Waals surface area contributed by atoms with Crippen LogP contribution in [0.5, 0.6) is 0 Å². The third-order valence-corrected chi connectivity index (χ3v) is 4.41. The van der Waals surface area contributed by atoms with Crippen LogP contribution in [0, 0.1) is 17.0 Å². The lowest BCUT2D eigenvalue weighted by Gasteiger charge is -2.22. The molecule has 28 heavy (non-hydrogen) atoms. The highest BCUT2D eigenvalue weighted by atomic mass is 19.1. The molecule has 0 aliphatic carbocycles. The Morgan fingerprint density at radius 2 is 1.75 bits per heavy atom. The molecule has 3 amide bonds. The van der Waals surface area contributed by atoms with E-state index in [4.69, 9.17) is 5.84 Å². The van der Waals surface area contributed by atoms with E-state index in [9.17, 15) is 23.2 Å². The lowest BCUT2D eigenvalue weighted by Crippen LogP contribution is -2.41. The second kappa shape index (κ2) is 10.7. The van der Waals surface area contributed by atoms with Gasteiger partial charge < -0.3 is 10.6 Å². The molecule has 5 N–H and O–H groups in total. The zero-order valence-corrected chi connectivity index (χ0v) is 16.4. The van der Waals surface area contributed by atoms with Gasteiger partial charge >= 0.3 is 0 Å². The van der Waals surface area contributed by atoms with Gasteiger partial charge in [-0.25, -0.2) is 14.6 Å². The van der Waals surface area contributed by atoms with E-state index in [1.807, 2.05) is 0 Å². The monoisotopic (exact) mass is 398 g/mol. The normalized spacial score (nSPS) is 12.2. The average Bonchev–Trinajstić information content (AvgIpc) is 2.59. The number of unbranched alkanes of at least 4 members (excludes halogenated alkanes) is 1. The minimum atomic E-state index is -1.11. The molecule has 0 heterocycles. The Kier molecular flexibility index (Phi) is 8.98. The van der Waals surface area contributed by atoms with Crippen LogP contribution < -0.4 is 21.9 Å². The summed E-state index contributed by atoms with van der Waals surface area (Å²) in [7, 11) is 0. The number of carbonyl (C=O) groups excluding carboxylic acids is 3. The van der Waals surface area contributed by atoms with Crippen molar-refractivity contribution in [2.24, 2.45) is 11.3 Å². The van der Waals surface area contributed by atoms with Gasteiger partial charge in [0, 0.05) is 24.4 Å². The summed E-state index contributed by atoms with van der Waals surface area (Å²) in [6.45, 7) is 5.10. The third kappa shape index (κ3) is 7.22. The highest BCUT2D eigenvalue weighted by Gasteiger charge is 2.26. The summed E-state index contributed by atoms with van der Waals surface area (Å²) in [4.78, 5) is 35.1. The fourth-order valence-corrected chi connectivity index (χ4v) is 2.80. The molecule has 1 atom stereocenters. The zero-order valence-electron chi connectivity index (χ0n) is 16.4. The van der Waals surface area contributed by atoms with Crippen molar-refractivity contribution in [3.63, 3.8) is 0 Å². The van der Waals surface area contributed by atoms with Crippen LogP contribution in [0.3, 0.4) is 0 Å². The van der Waals surface area contributed by atoms with E-state index >= 15 is 0 Å². The van der Waals surface area contributed by atoms with Crippen LogP contribution in [-0.2, 0) is 14.4 Å². The molecule has 0 saturated carbocycles. The summed E-state index contributed by atoms with van der Waals surface area (Å²) in [6.07, 6.45) is 1.59. The fraction of sp³-hybridized carbons (Fsp3) is 0.526. The van der Waals surface area contributed by atoms with E-state index in [2.05, 4.69) is 16.1 Å². The second-order valence-electron chi connectivity index (χ2n) is 7.26. The van der Waals surface area contributed by atoms with Crippen molar-refractivity contribution in [1.29, 1.82) is 0 Å².